The zero-order valence-corrected chi connectivity index (χ0v) is 33.7. The van der Waals surface area contributed by atoms with Crippen molar-refractivity contribution in [2.45, 2.75) is 0 Å². The average molecular weight is 942 g/mol. The SMILES string of the molecule is Oc1cc(-n2c3ccccc3c3ccccc32)ccc1-c1cc(-c2ccccc2)cc(C=Nc2cccc3cc(-n4c5ccccc5c5ccccc54)cc(O)c23)n1.[Pt]. The van der Waals surface area contributed by atoms with E-state index in [1.165, 1.54) is 0 Å². The second-order valence-electron chi connectivity index (χ2n) is 14.6. The number of phenols is 2. The molecule has 0 aliphatic rings. The Bertz CT molecular complexity index is 3330. The number of aliphatic imine (C=N–C) groups is 1. The Morgan fingerprint density at radius 2 is 1.00 bits per heavy atom. The van der Waals surface area contributed by atoms with Crippen LogP contribution in [-0.4, -0.2) is 30.5 Å². The van der Waals surface area contributed by atoms with Crippen LogP contribution in [0.5, 0.6) is 11.5 Å². The Balaban J connectivity index is 0.00000420. The summed E-state index contributed by atoms with van der Waals surface area (Å²) in [6.07, 6.45) is 1.73. The van der Waals surface area contributed by atoms with Crippen molar-refractivity contribution in [2.24, 2.45) is 4.99 Å². The van der Waals surface area contributed by atoms with Crippen molar-refractivity contribution in [3.8, 4) is 45.3 Å². The number of hydrogen-bond acceptors (Lipinski definition) is 4. The van der Waals surface area contributed by atoms with E-state index < -0.39 is 0 Å². The predicted molar refractivity (Wildman–Crippen MR) is 238 cm³/mol. The molecule has 6 nitrogen and oxygen atoms in total. The maximum Gasteiger partial charge on any atom is 0.127 e. The van der Waals surface area contributed by atoms with Crippen LogP contribution in [-0.2, 0) is 21.1 Å². The van der Waals surface area contributed by atoms with Crippen LogP contribution in [0.25, 0.3) is 88.1 Å². The molecule has 8 aromatic carbocycles. The first kappa shape index (κ1) is 36.1. The van der Waals surface area contributed by atoms with Crippen molar-refractivity contribution in [3.05, 3.63) is 194 Å². The van der Waals surface area contributed by atoms with E-state index in [1.54, 1.807) is 6.21 Å². The van der Waals surface area contributed by atoms with Crippen molar-refractivity contribution < 1.29 is 31.3 Å². The Morgan fingerprint density at radius 3 is 1.59 bits per heavy atom. The summed E-state index contributed by atoms with van der Waals surface area (Å²) >= 11 is 0. The van der Waals surface area contributed by atoms with Gasteiger partial charge in [0.2, 0.25) is 0 Å². The quantitative estimate of drug-likeness (QED) is 0.163. The molecule has 0 aliphatic carbocycles. The van der Waals surface area contributed by atoms with Gasteiger partial charge in [-0.2, -0.15) is 0 Å². The van der Waals surface area contributed by atoms with Crippen LogP contribution in [0.4, 0.5) is 5.69 Å². The Morgan fingerprint density at radius 1 is 0.458 bits per heavy atom. The normalized spacial score (nSPS) is 11.7. The van der Waals surface area contributed by atoms with Gasteiger partial charge in [-0.3, -0.25) is 4.99 Å². The number of phenolic OH excluding ortho intramolecular Hbond substituents is 2. The first-order valence-electron chi connectivity index (χ1n) is 19.3. The number of hydrogen-bond donors (Lipinski definition) is 2. The summed E-state index contributed by atoms with van der Waals surface area (Å²) in [5.41, 5.74) is 10.4. The van der Waals surface area contributed by atoms with E-state index in [2.05, 4.69) is 100 Å². The molecule has 0 atom stereocenters. The van der Waals surface area contributed by atoms with Crippen LogP contribution in [0, 0.1) is 0 Å². The maximum atomic E-state index is 11.7. The number of rotatable bonds is 6. The summed E-state index contributed by atoms with van der Waals surface area (Å²) < 4.78 is 4.39. The smallest absolute Gasteiger partial charge is 0.127 e. The number of para-hydroxylation sites is 4. The van der Waals surface area contributed by atoms with Crippen molar-refractivity contribution in [1.82, 2.24) is 14.1 Å². The fourth-order valence-electron chi connectivity index (χ4n) is 8.57. The third-order valence-electron chi connectivity index (χ3n) is 11.1. The summed E-state index contributed by atoms with van der Waals surface area (Å²) in [6.45, 7) is 0. The molecule has 0 bridgehead atoms. The summed E-state index contributed by atoms with van der Waals surface area (Å²) in [6, 6.07) is 63.1. The van der Waals surface area contributed by atoms with Crippen LogP contribution >= 0.6 is 0 Å². The largest absolute Gasteiger partial charge is 0.507 e. The fourth-order valence-corrected chi connectivity index (χ4v) is 8.57. The molecule has 11 aromatic rings. The average Bonchev–Trinajstić information content (AvgIpc) is 3.79. The standard InChI is InChI=1S/C52H34N4O2.Pt/c57-50-30-37(55-46-21-8-4-16-39(46)40-17-5-9-22-47(40)55)25-26-43(50)45-29-35(33-13-2-1-3-14-33)27-36(54-45)32-53-44-20-12-15-34-28-38(31-51(58)52(34)44)56-48-23-10-6-18-41(48)42-19-7-11-24-49(42)56;/h1-32,57-58H;. The van der Waals surface area contributed by atoms with Gasteiger partial charge in [0.15, 0.2) is 0 Å². The molecule has 0 unspecified atom stereocenters. The topological polar surface area (TPSA) is 75.6 Å². The molecule has 2 N–H and O–H groups in total. The predicted octanol–water partition coefficient (Wildman–Crippen LogP) is 12.9. The number of aromatic hydroxyl groups is 2. The summed E-state index contributed by atoms with van der Waals surface area (Å²) in [7, 11) is 0. The van der Waals surface area contributed by atoms with Crippen molar-refractivity contribution in [1.29, 1.82) is 0 Å². The van der Waals surface area contributed by atoms with E-state index in [0.29, 0.717) is 28.0 Å². The molecule has 7 heteroatoms. The van der Waals surface area contributed by atoms with Gasteiger partial charge in [0, 0.05) is 71.4 Å². The van der Waals surface area contributed by atoms with Gasteiger partial charge >= 0.3 is 0 Å². The van der Waals surface area contributed by atoms with Gasteiger partial charge in [0.05, 0.1) is 51.0 Å². The first-order valence-corrected chi connectivity index (χ1v) is 19.3. The Hall–Kier alpha value is -7.27. The molecule has 3 heterocycles. The minimum atomic E-state index is 0. The molecule has 0 radical (unpaired) electrons. The molecule has 0 saturated carbocycles. The second-order valence-corrected chi connectivity index (χ2v) is 14.6. The molecule has 3 aromatic heterocycles. The molecule has 284 valence electrons. The monoisotopic (exact) mass is 941 g/mol. The zero-order chi connectivity index (χ0) is 38.7. The molecular formula is C52H34N4O2Pt. The molecule has 0 saturated heterocycles. The van der Waals surface area contributed by atoms with E-state index >= 15 is 0 Å². The van der Waals surface area contributed by atoms with Gasteiger partial charge in [-0.05, 0) is 77.2 Å². The zero-order valence-electron chi connectivity index (χ0n) is 31.5. The van der Waals surface area contributed by atoms with Crippen LogP contribution in [0.2, 0.25) is 0 Å². The van der Waals surface area contributed by atoms with Gasteiger partial charge in [0.1, 0.15) is 11.5 Å². The number of aromatic nitrogens is 3. The minimum absolute atomic E-state index is 0. The molecule has 0 fully saturated rings. The molecule has 11 rings (SSSR count). The molecule has 0 spiro atoms. The van der Waals surface area contributed by atoms with Crippen molar-refractivity contribution in [3.63, 3.8) is 0 Å². The number of fused-ring (bicyclic) bond motifs is 7. The summed E-state index contributed by atoms with van der Waals surface area (Å²) in [5.74, 6) is 0.264. The molecule has 0 amide bonds. The number of pyridine rings is 1. The number of benzene rings is 8. The first-order chi connectivity index (χ1) is 28.6. The van der Waals surface area contributed by atoms with Gasteiger partial charge < -0.3 is 19.3 Å². The van der Waals surface area contributed by atoms with E-state index in [9.17, 15) is 10.2 Å². The van der Waals surface area contributed by atoms with E-state index in [0.717, 1.165) is 71.5 Å². The Kier molecular flexibility index (Phi) is 8.93. The van der Waals surface area contributed by atoms with Crippen LogP contribution < -0.4 is 0 Å². The fraction of sp³-hybridized carbons (Fsp3) is 0. The molecule has 0 aliphatic heterocycles. The Labute approximate surface area is 353 Å². The van der Waals surface area contributed by atoms with Crippen LogP contribution in [0.15, 0.2) is 193 Å². The van der Waals surface area contributed by atoms with Crippen molar-refractivity contribution >= 4 is 66.3 Å². The molecule has 59 heavy (non-hydrogen) atoms. The third kappa shape index (κ3) is 6.08. The summed E-state index contributed by atoms with van der Waals surface area (Å²) in [4.78, 5) is 9.96. The second kappa shape index (κ2) is 14.6. The molecular weight excluding hydrogens is 908 g/mol. The van der Waals surface area contributed by atoms with Gasteiger partial charge in [-0.15, -0.1) is 0 Å². The van der Waals surface area contributed by atoms with E-state index in [-0.39, 0.29) is 32.6 Å². The van der Waals surface area contributed by atoms with Gasteiger partial charge in [-0.25, -0.2) is 4.98 Å². The van der Waals surface area contributed by atoms with Crippen LogP contribution in [0.3, 0.4) is 0 Å². The van der Waals surface area contributed by atoms with E-state index in [4.69, 9.17) is 9.98 Å². The van der Waals surface area contributed by atoms with Crippen LogP contribution in [0.1, 0.15) is 5.69 Å². The van der Waals surface area contributed by atoms with Gasteiger partial charge in [0.25, 0.3) is 0 Å². The van der Waals surface area contributed by atoms with Gasteiger partial charge in [-0.1, -0.05) is 115 Å². The summed E-state index contributed by atoms with van der Waals surface area (Å²) in [5, 5.41) is 29.5. The minimum Gasteiger partial charge on any atom is -0.507 e. The van der Waals surface area contributed by atoms with Crippen molar-refractivity contribution in [2.75, 3.05) is 0 Å². The third-order valence-corrected chi connectivity index (χ3v) is 11.1. The number of nitrogens with zero attached hydrogens (tertiary/aromatic N) is 4. The van der Waals surface area contributed by atoms with E-state index in [1.807, 2.05) is 97.1 Å². The maximum absolute atomic E-state index is 11.7.